The Morgan fingerprint density at radius 2 is 2.29 bits per heavy atom. The lowest BCUT2D eigenvalue weighted by atomic mass is 10.1. The van der Waals surface area contributed by atoms with E-state index in [9.17, 15) is 4.79 Å². The first-order valence-corrected chi connectivity index (χ1v) is 6.88. The van der Waals surface area contributed by atoms with Crippen LogP contribution in [0.4, 0.5) is 0 Å². The number of nitrogens with zero attached hydrogens (tertiary/aromatic N) is 2. The Labute approximate surface area is 107 Å². The summed E-state index contributed by atoms with van der Waals surface area (Å²) in [6.45, 7) is 4.44. The second kappa shape index (κ2) is 5.19. The SMILES string of the molecule is CC(=O)N1CCc2sc(CCN(C)C)cc2C1. The lowest BCUT2D eigenvalue weighted by Crippen LogP contribution is -2.33. The quantitative estimate of drug-likeness (QED) is 0.818. The Morgan fingerprint density at radius 3 is 2.94 bits per heavy atom. The molecule has 1 aromatic heterocycles. The molecular weight excluding hydrogens is 232 g/mol. The molecule has 0 spiro atoms. The zero-order chi connectivity index (χ0) is 12.4. The van der Waals surface area contributed by atoms with E-state index in [0.29, 0.717) is 0 Å². The van der Waals surface area contributed by atoms with Gasteiger partial charge in [-0.2, -0.15) is 0 Å². The van der Waals surface area contributed by atoms with Crippen LogP contribution in [0.15, 0.2) is 6.07 Å². The number of rotatable bonds is 3. The Balaban J connectivity index is 2.04. The molecule has 0 N–H and O–H groups in total. The third kappa shape index (κ3) is 3.07. The van der Waals surface area contributed by atoms with Crippen LogP contribution in [-0.2, 0) is 24.2 Å². The highest BCUT2D eigenvalue weighted by atomic mass is 32.1. The molecule has 0 aliphatic carbocycles. The third-order valence-corrected chi connectivity index (χ3v) is 4.47. The maximum absolute atomic E-state index is 11.4. The van der Waals surface area contributed by atoms with Crippen molar-refractivity contribution in [3.8, 4) is 0 Å². The zero-order valence-electron chi connectivity index (χ0n) is 10.8. The Bertz CT molecular complexity index is 412. The number of fused-ring (bicyclic) bond motifs is 1. The van der Waals surface area contributed by atoms with Gasteiger partial charge in [-0.05, 0) is 38.6 Å². The molecule has 1 amide bonds. The maximum Gasteiger partial charge on any atom is 0.219 e. The van der Waals surface area contributed by atoms with Gasteiger partial charge in [-0.15, -0.1) is 11.3 Å². The molecule has 94 valence electrons. The van der Waals surface area contributed by atoms with E-state index in [4.69, 9.17) is 0 Å². The first kappa shape index (κ1) is 12.6. The van der Waals surface area contributed by atoms with Gasteiger partial charge in [0.25, 0.3) is 0 Å². The fraction of sp³-hybridized carbons (Fsp3) is 0.615. The van der Waals surface area contributed by atoms with Crippen molar-refractivity contribution in [3.05, 3.63) is 21.4 Å². The van der Waals surface area contributed by atoms with Crippen LogP contribution in [0.25, 0.3) is 0 Å². The summed E-state index contributed by atoms with van der Waals surface area (Å²) in [5, 5.41) is 0. The van der Waals surface area contributed by atoms with E-state index in [-0.39, 0.29) is 5.91 Å². The predicted molar refractivity (Wildman–Crippen MR) is 71.4 cm³/mol. The number of hydrogen-bond donors (Lipinski definition) is 0. The second-order valence-electron chi connectivity index (χ2n) is 4.90. The minimum atomic E-state index is 0.191. The minimum Gasteiger partial charge on any atom is -0.338 e. The molecule has 0 unspecified atom stereocenters. The highest BCUT2D eigenvalue weighted by molar-refractivity contribution is 7.12. The Hall–Kier alpha value is -0.870. The van der Waals surface area contributed by atoms with Gasteiger partial charge in [0.05, 0.1) is 0 Å². The number of carbonyl (C=O) groups is 1. The van der Waals surface area contributed by atoms with Crippen LogP contribution < -0.4 is 0 Å². The van der Waals surface area contributed by atoms with Crippen LogP contribution in [0.5, 0.6) is 0 Å². The van der Waals surface area contributed by atoms with E-state index < -0.39 is 0 Å². The number of carbonyl (C=O) groups excluding carboxylic acids is 1. The molecular formula is C13H20N2OS. The van der Waals surface area contributed by atoms with E-state index in [0.717, 1.165) is 32.5 Å². The van der Waals surface area contributed by atoms with Crippen molar-refractivity contribution in [1.29, 1.82) is 0 Å². The van der Waals surface area contributed by atoms with Crippen LogP contribution in [0.3, 0.4) is 0 Å². The number of likely N-dealkylation sites (N-methyl/N-ethyl adjacent to an activating group) is 1. The van der Waals surface area contributed by atoms with Crippen LogP contribution >= 0.6 is 11.3 Å². The topological polar surface area (TPSA) is 23.6 Å². The molecule has 1 aromatic rings. The standard InChI is InChI=1S/C13H20N2OS/c1-10(16)15-7-5-13-11(9-15)8-12(17-13)4-6-14(2)3/h8H,4-7,9H2,1-3H3. The highest BCUT2D eigenvalue weighted by Crippen LogP contribution is 2.28. The van der Waals surface area contributed by atoms with Gasteiger partial charge in [-0.1, -0.05) is 0 Å². The molecule has 1 aliphatic heterocycles. The first-order chi connectivity index (χ1) is 8.06. The number of amides is 1. The number of hydrogen-bond acceptors (Lipinski definition) is 3. The molecule has 2 rings (SSSR count). The van der Waals surface area contributed by atoms with Gasteiger partial charge in [0.15, 0.2) is 0 Å². The van der Waals surface area contributed by atoms with Crippen molar-refractivity contribution >= 4 is 17.2 Å². The molecule has 17 heavy (non-hydrogen) atoms. The van der Waals surface area contributed by atoms with Gasteiger partial charge < -0.3 is 9.80 Å². The maximum atomic E-state index is 11.4. The summed E-state index contributed by atoms with van der Waals surface area (Å²) < 4.78 is 0. The van der Waals surface area contributed by atoms with E-state index in [1.807, 2.05) is 16.2 Å². The monoisotopic (exact) mass is 252 g/mol. The van der Waals surface area contributed by atoms with E-state index in [1.54, 1.807) is 6.92 Å². The largest absolute Gasteiger partial charge is 0.338 e. The van der Waals surface area contributed by atoms with Crippen molar-refractivity contribution in [3.63, 3.8) is 0 Å². The van der Waals surface area contributed by atoms with Crippen LogP contribution in [0, 0.1) is 0 Å². The molecule has 0 saturated carbocycles. The Kier molecular flexibility index (Phi) is 3.84. The summed E-state index contributed by atoms with van der Waals surface area (Å²) >= 11 is 1.93. The van der Waals surface area contributed by atoms with E-state index >= 15 is 0 Å². The lowest BCUT2D eigenvalue weighted by Gasteiger charge is -2.25. The van der Waals surface area contributed by atoms with E-state index in [2.05, 4.69) is 25.1 Å². The summed E-state index contributed by atoms with van der Waals surface area (Å²) in [5.74, 6) is 0.191. The van der Waals surface area contributed by atoms with Crippen molar-refractivity contribution < 1.29 is 4.79 Å². The molecule has 4 heteroatoms. The minimum absolute atomic E-state index is 0.191. The van der Waals surface area contributed by atoms with Crippen LogP contribution in [-0.4, -0.2) is 42.9 Å². The molecule has 1 aliphatic rings. The van der Waals surface area contributed by atoms with E-state index in [1.165, 1.54) is 15.3 Å². The fourth-order valence-corrected chi connectivity index (χ4v) is 3.28. The first-order valence-electron chi connectivity index (χ1n) is 6.07. The summed E-state index contributed by atoms with van der Waals surface area (Å²) in [4.78, 5) is 18.4. The third-order valence-electron chi connectivity index (χ3n) is 3.17. The Morgan fingerprint density at radius 1 is 1.53 bits per heavy atom. The van der Waals surface area contributed by atoms with Crippen molar-refractivity contribution in [2.24, 2.45) is 0 Å². The van der Waals surface area contributed by atoms with Gasteiger partial charge in [0, 0.05) is 36.3 Å². The predicted octanol–water partition coefficient (Wildman–Crippen LogP) is 1.76. The zero-order valence-corrected chi connectivity index (χ0v) is 11.6. The molecule has 3 nitrogen and oxygen atoms in total. The van der Waals surface area contributed by atoms with Crippen molar-refractivity contribution in [2.45, 2.75) is 26.3 Å². The van der Waals surface area contributed by atoms with Crippen molar-refractivity contribution in [2.75, 3.05) is 27.2 Å². The van der Waals surface area contributed by atoms with Gasteiger partial charge in [0.2, 0.25) is 5.91 Å². The molecule has 0 atom stereocenters. The summed E-state index contributed by atoms with van der Waals surface area (Å²) in [6.07, 6.45) is 2.15. The van der Waals surface area contributed by atoms with Gasteiger partial charge >= 0.3 is 0 Å². The summed E-state index contributed by atoms with van der Waals surface area (Å²) in [7, 11) is 4.20. The van der Waals surface area contributed by atoms with Gasteiger partial charge in [-0.25, -0.2) is 0 Å². The average molecular weight is 252 g/mol. The van der Waals surface area contributed by atoms with Gasteiger partial charge in [0.1, 0.15) is 0 Å². The molecule has 2 heterocycles. The molecule has 0 aromatic carbocycles. The van der Waals surface area contributed by atoms with Gasteiger partial charge in [-0.3, -0.25) is 4.79 Å². The molecule has 0 bridgehead atoms. The van der Waals surface area contributed by atoms with Crippen LogP contribution in [0.2, 0.25) is 0 Å². The smallest absolute Gasteiger partial charge is 0.219 e. The molecule has 0 saturated heterocycles. The average Bonchev–Trinajstić information content (AvgIpc) is 2.67. The second-order valence-corrected chi connectivity index (χ2v) is 6.13. The van der Waals surface area contributed by atoms with Crippen molar-refractivity contribution in [1.82, 2.24) is 9.80 Å². The summed E-state index contributed by atoms with van der Waals surface area (Å²) in [6, 6.07) is 2.29. The fourth-order valence-electron chi connectivity index (χ4n) is 2.12. The summed E-state index contributed by atoms with van der Waals surface area (Å²) in [5.41, 5.74) is 1.37. The number of thiophene rings is 1. The normalized spacial score (nSPS) is 15.2. The van der Waals surface area contributed by atoms with Crippen LogP contribution in [0.1, 0.15) is 22.2 Å². The highest BCUT2D eigenvalue weighted by Gasteiger charge is 2.20. The molecule has 0 fully saturated rings. The lowest BCUT2D eigenvalue weighted by molar-refractivity contribution is -0.129. The molecule has 0 radical (unpaired) electrons.